The van der Waals surface area contributed by atoms with Crippen LogP contribution in [0.15, 0.2) is 6.20 Å². The second-order valence-corrected chi connectivity index (χ2v) is 6.76. The van der Waals surface area contributed by atoms with Crippen LogP contribution in [-0.2, 0) is 0 Å². The lowest BCUT2D eigenvalue weighted by molar-refractivity contribution is 0.577. The number of rotatable bonds is 10. The Balaban J connectivity index is 2.65. The summed E-state index contributed by atoms with van der Waals surface area (Å²) in [6, 6.07) is 0.926. The molecule has 3 nitrogen and oxygen atoms in total. The van der Waals surface area contributed by atoms with E-state index in [1.54, 1.807) is 0 Å². The molecule has 0 aliphatic carbocycles. The Kier molecular flexibility index (Phi) is 8.15. The third kappa shape index (κ3) is 5.41. The molecule has 0 saturated carbocycles. The lowest BCUT2D eigenvalue weighted by Gasteiger charge is -2.26. The molecule has 0 amide bonds. The first-order chi connectivity index (χ1) is 9.60. The van der Waals surface area contributed by atoms with E-state index in [0.29, 0.717) is 12.1 Å². The number of nitrogens with zero attached hydrogens (tertiary/aromatic N) is 2. The van der Waals surface area contributed by atoms with Crippen molar-refractivity contribution in [3.8, 4) is 0 Å². The number of hydrogen-bond donors (Lipinski definition) is 1. The first-order valence-corrected chi connectivity index (χ1v) is 8.87. The zero-order chi connectivity index (χ0) is 15.0. The van der Waals surface area contributed by atoms with E-state index in [1.807, 2.05) is 17.5 Å². The van der Waals surface area contributed by atoms with Crippen molar-refractivity contribution in [3.63, 3.8) is 0 Å². The van der Waals surface area contributed by atoms with E-state index in [-0.39, 0.29) is 0 Å². The molecule has 1 unspecified atom stereocenters. The summed E-state index contributed by atoms with van der Waals surface area (Å²) < 4.78 is 0. The van der Waals surface area contributed by atoms with Crippen LogP contribution in [0.25, 0.3) is 0 Å². The van der Waals surface area contributed by atoms with Crippen LogP contribution in [0.3, 0.4) is 0 Å². The zero-order valence-electron chi connectivity index (χ0n) is 13.8. The molecule has 0 aliphatic heterocycles. The molecular weight excluding hydrogens is 266 g/mol. The quantitative estimate of drug-likeness (QED) is 0.639. The standard InChI is InChI=1S/C16H31N3S/c1-6-8-9-11-19(13(3)4)16-18-12-15(20-16)14(5)17-10-7-2/h12-14,17H,6-11H2,1-5H3. The number of thiazole rings is 1. The summed E-state index contributed by atoms with van der Waals surface area (Å²) >= 11 is 1.84. The van der Waals surface area contributed by atoms with Gasteiger partial charge in [-0.05, 0) is 40.2 Å². The van der Waals surface area contributed by atoms with Gasteiger partial charge in [0.1, 0.15) is 0 Å². The molecule has 1 N–H and O–H groups in total. The molecule has 1 atom stereocenters. The van der Waals surface area contributed by atoms with Crippen molar-refractivity contribution in [3.05, 3.63) is 11.1 Å². The van der Waals surface area contributed by atoms with Gasteiger partial charge in [-0.15, -0.1) is 11.3 Å². The molecule has 0 aromatic carbocycles. The van der Waals surface area contributed by atoms with Gasteiger partial charge in [0.05, 0.1) is 0 Å². The van der Waals surface area contributed by atoms with Crippen LogP contribution in [0.1, 0.15) is 71.2 Å². The highest BCUT2D eigenvalue weighted by Crippen LogP contribution is 2.28. The fourth-order valence-electron chi connectivity index (χ4n) is 2.18. The first kappa shape index (κ1) is 17.4. The van der Waals surface area contributed by atoms with Crippen molar-refractivity contribution in [2.45, 2.75) is 72.4 Å². The Bertz CT molecular complexity index is 362. The van der Waals surface area contributed by atoms with Crippen molar-refractivity contribution < 1.29 is 0 Å². The van der Waals surface area contributed by atoms with E-state index in [1.165, 1.54) is 35.7 Å². The Hall–Kier alpha value is -0.610. The molecule has 0 bridgehead atoms. The number of unbranched alkanes of at least 4 members (excludes halogenated alkanes) is 2. The van der Waals surface area contributed by atoms with E-state index < -0.39 is 0 Å². The highest BCUT2D eigenvalue weighted by molar-refractivity contribution is 7.15. The minimum atomic E-state index is 0.408. The minimum Gasteiger partial charge on any atom is -0.346 e. The third-order valence-corrected chi connectivity index (χ3v) is 4.73. The smallest absolute Gasteiger partial charge is 0.185 e. The van der Waals surface area contributed by atoms with Crippen molar-refractivity contribution in [2.24, 2.45) is 0 Å². The minimum absolute atomic E-state index is 0.408. The van der Waals surface area contributed by atoms with Gasteiger partial charge in [-0.1, -0.05) is 26.7 Å². The van der Waals surface area contributed by atoms with Crippen LogP contribution < -0.4 is 10.2 Å². The summed E-state index contributed by atoms with van der Waals surface area (Å²) in [6.07, 6.45) is 7.05. The predicted molar refractivity (Wildman–Crippen MR) is 90.8 cm³/mol. The van der Waals surface area contributed by atoms with Gasteiger partial charge in [-0.3, -0.25) is 0 Å². The lowest BCUT2D eigenvalue weighted by atomic mass is 10.2. The summed E-state index contributed by atoms with van der Waals surface area (Å²) in [7, 11) is 0. The average Bonchev–Trinajstić information content (AvgIpc) is 2.90. The highest BCUT2D eigenvalue weighted by Gasteiger charge is 2.16. The molecule has 0 spiro atoms. The van der Waals surface area contributed by atoms with Gasteiger partial charge >= 0.3 is 0 Å². The summed E-state index contributed by atoms with van der Waals surface area (Å²) in [5.41, 5.74) is 0. The summed E-state index contributed by atoms with van der Waals surface area (Å²) in [5.74, 6) is 0. The maximum absolute atomic E-state index is 4.65. The van der Waals surface area contributed by atoms with E-state index in [9.17, 15) is 0 Å². The van der Waals surface area contributed by atoms with Crippen LogP contribution in [0.2, 0.25) is 0 Å². The number of hydrogen-bond acceptors (Lipinski definition) is 4. The van der Waals surface area contributed by atoms with Gasteiger partial charge in [-0.25, -0.2) is 4.98 Å². The first-order valence-electron chi connectivity index (χ1n) is 8.05. The summed E-state index contributed by atoms with van der Waals surface area (Å²) in [4.78, 5) is 8.43. The third-order valence-electron chi connectivity index (χ3n) is 3.51. The van der Waals surface area contributed by atoms with Crippen LogP contribution >= 0.6 is 11.3 Å². The van der Waals surface area contributed by atoms with E-state index >= 15 is 0 Å². The van der Waals surface area contributed by atoms with Gasteiger partial charge < -0.3 is 10.2 Å². The van der Waals surface area contributed by atoms with E-state index in [2.05, 4.69) is 49.8 Å². The van der Waals surface area contributed by atoms with Crippen molar-refractivity contribution >= 4 is 16.5 Å². The molecular formula is C16H31N3S. The molecule has 1 heterocycles. The molecule has 1 rings (SSSR count). The molecule has 0 aliphatic rings. The number of anilines is 1. The fraction of sp³-hybridized carbons (Fsp3) is 0.812. The molecule has 0 saturated heterocycles. The molecule has 4 heteroatoms. The Labute approximate surface area is 128 Å². The molecule has 1 aromatic heterocycles. The Morgan fingerprint density at radius 2 is 1.95 bits per heavy atom. The van der Waals surface area contributed by atoms with Gasteiger partial charge in [0.25, 0.3) is 0 Å². The predicted octanol–water partition coefficient (Wildman–Crippen LogP) is 4.61. The monoisotopic (exact) mass is 297 g/mol. The maximum Gasteiger partial charge on any atom is 0.185 e. The van der Waals surface area contributed by atoms with Crippen molar-refractivity contribution in [1.29, 1.82) is 0 Å². The van der Waals surface area contributed by atoms with Gasteiger partial charge in [0.2, 0.25) is 0 Å². The van der Waals surface area contributed by atoms with Gasteiger partial charge in [0.15, 0.2) is 5.13 Å². The van der Waals surface area contributed by atoms with Crippen LogP contribution in [0.5, 0.6) is 0 Å². The van der Waals surface area contributed by atoms with Crippen molar-refractivity contribution in [1.82, 2.24) is 10.3 Å². The summed E-state index contributed by atoms with van der Waals surface area (Å²) in [5, 5.41) is 4.71. The second-order valence-electron chi connectivity index (χ2n) is 5.72. The number of nitrogens with one attached hydrogen (secondary N) is 1. The van der Waals surface area contributed by atoms with Gasteiger partial charge in [-0.2, -0.15) is 0 Å². The SMILES string of the molecule is CCCCCN(c1ncc(C(C)NCCC)s1)C(C)C. The molecule has 20 heavy (non-hydrogen) atoms. The Morgan fingerprint density at radius 3 is 2.55 bits per heavy atom. The molecule has 116 valence electrons. The second kappa shape index (κ2) is 9.35. The van der Waals surface area contributed by atoms with E-state index in [0.717, 1.165) is 13.1 Å². The lowest BCUT2D eigenvalue weighted by Crippen LogP contribution is -2.31. The normalized spacial score (nSPS) is 12.9. The largest absolute Gasteiger partial charge is 0.346 e. The Morgan fingerprint density at radius 1 is 1.20 bits per heavy atom. The fourth-order valence-corrected chi connectivity index (χ4v) is 3.28. The van der Waals surface area contributed by atoms with Gasteiger partial charge in [0, 0.05) is 29.7 Å². The topological polar surface area (TPSA) is 28.2 Å². The van der Waals surface area contributed by atoms with Crippen molar-refractivity contribution in [2.75, 3.05) is 18.0 Å². The van der Waals surface area contributed by atoms with Crippen LogP contribution in [0.4, 0.5) is 5.13 Å². The zero-order valence-corrected chi connectivity index (χ0v) is 14.6. The van der Waals surface area contributed by atoms with E-state index in [4.69, 9.17) is 0 Å². The number of aromatic nitrogens is 1. The van der Waals surface area contributed by atoms with Crippen LogP contribution in [0, 0.1) is 0 Å². The van der Waals surface area contributed by atoms with Crippen LogP contribution in [-0.4, -0.2) is 24.1 Å². The summed E-state index contributed by atoms with van der Waals surface area (Å²) in [6.45, 7) is 13.4. The molecule has 1 aromatic rings. The maximum atomic E-state index is 4.65. The molecule has 0 fully saturated rings. The highest BCUT2D eigenvalue weighted by atomic mass is 32.1. The molecule has 0 radical (unpaired) electrons. The average molecular weight is 298 g/mol.